The maximum absolute atomic E-state index is 6.28. The van der Waals surface area contributed by atoms with Gasteiger partial charge in [-0.2, -0.15) is 0 Å². The van der Waals surface area contributed by atoms with E-state index in [4.69, 9.17) is 23.2 Å². The molecule has 3 aromatic rings. The highest BCUT2D eigenvalue weighted by Crippen LogP contribution is 2.29. The fourth-order valence-corrected chi connectivity index (χ4v) is 2.62. The lowest BCUT2D eigenvalue weighted by molar-refractivity contribution is 0.882. The Bertz CT molecular complexity index is 758. The maximum Gasteiger partial charge on any atom is 0.132 e. The van der Waals surface area contributed by atoms with Gasteiger partial charge in [-0.1, -0.05) is 29.3 Å². The normalized spacial score (nSPS) is 12.8. The van der Waals surface area contributed by atoms with Gasteiger partial charge in [0.15, 0.2) is 0 Å². The molecule has 0 saturated heterocycles. The molecule has 0 amide bonds. The molecule has 0 aliphatic rings. The molecule has 0 N–H and O–H groups in total. The first kappa shape index (κ1) is 13.5. The van der Waals surface area contributed by atoms with Gasteiger partial charge in [0.05, 0.1) is 16.4 Å². The summed E-state index contributed by atoms with van der Waals surface area (Å²) in [6.07, 6.45) is 0. The molecular formula is C16H14Cl2N2. The molecule has 0 saturated carbocycles. The highest BCUT2D eigenvalue weighted by molar-refractivity contribution is 6.31. The number of benzene rings is 2. The van der Waals surface area contributed by atoms with Crippen LogP contribution in [0.3, 0.4) is 0 Å². The number of nitrogens with zero attached hydrogens (tertiary/aromatic N) is 2. The molecule has 3 rings (SSSR count). The smallest absolute Gasteiger partial charge is 0.132 e. The van der Waals surface area contributed by atoms with Gasteiger partial charge in [-0.15, -0.1) is 11.6 Å². The molecule has 1 heterocycles. The Balaban J connectivity index is 2.31. The predicted octanol–water partition coefficient (Wildman–Crippen LogP) is 5.29. The summed E-state index contributed by atoms with van der Waals surface area (Å²) in [5, 5.41) is 0.502. The van der Waals surface area contributed by atoms with Gasteiger partial charge < -0.3 is 0 Å². The molecule has 1 aromatic heterocycles. The van der Waals surface area contributed by atoms with Crippen LogP contribution in [0.2, 0.25) is 5.02 Å². The van der Waals surface area contributed by atoms with Crippen LogP contribution in [-0.2, 0) is 0 Å². The van der Waals surface area contributed by atoms with Crippen molar-refractivity contribution < 1.29 is 0 Å². The third kappa shape index (κ3) is 2.30. The molecule has 0 aliphatic carbocycles. The van der Waals surface area contributed by atoms with Gasteiger partial charge in [-0.05, 0) is 44.2 Å². The van der Waals surface area contributed by atoms with E-state index < -0.39 is 0 Å². The van der Waals surface area contributed by atoms with E-state index in [0.29, 0.717) is 5.02 Å². The number of hydrogen-bond donors (Lipinski definition) is 0. The molecular weight excluding hydrogens is 291 g/mol. The zero-order valence-corrected chi connectivity index (χ0v) is 12.8. The van der Waals surface area contributed by atoms with E-state index in [0.717, 1.165) is 22.5 Å². The van der Waals surface area contributed by atoms with Gasteiger partial charge in [0, 0.05) is 10.7 Å². The van der Waals surface area contributed by atoms with E-state index in [1.54, 1.807) is 0 Å². The van der Waals surface area contributed by atoms with Crippen molar-refractivity contribution in [3.63, 3.8) is 0 Å². The van der Waals surface area contributed by atoms with Crippen molar-refractivity contribution in [3.8, 4) is 5.69 Å². The van der Waals surface area contributed by atoms with Crippen LogP contribution in [0.4, 0.5) is 0 Å². The number of fused-ring (bicyclic) bond motifs is 1. The lowest BCUT2D eigenvalue weighted by Gasteiger charge is -2.10. The van der Waals surface area contributed by atoms with Crippen molar-refractivity contribution in [2.45, 2.75) is 19.2 Å². The van der Waals surface area contributed by atoms with E-state index in [2.05, 4.69) is 40.7 Å². The van der Waals surface area contributed by atoms with Gasteiger partial charge in [0.2, 0.25) is 0 Å². The van der Waals surface area contributed by atoms with Crippen LogP contribution in [0.1, 0.15) is 23.7 Å². The Labute approximate surface area is 128 Å². The number of hydrogen-bond acceptors (Lipinski definition) is 1. The first-order valence-electron chi connectivity index (χ1n) is 6.45. The summed E-state index contributed by atoms with van der Waals surface area (Å²) in [7, 11) is 0. The highest BCUT2D eigenvalue weighted by Gasteiger charge is 2.16. The number of halogens is 2. The van der Waals surface area contributed by atoms with Gasteiger partial charge >= 0.3 is 0 Å². The molecule has 0 radical (unpaired) electrons. The van der Waals surface area contributed by atoms with Gasteiger partial charge in [0.25, 0.3) is 0 Å². The molecule has 1 unspecified atom stereocenters. The monoisotopic (exact) mass is 304 g/mol. The Kier molecular flexibility index (Phi) is 3.45. The molecule has 102 valence electrons. The fourth-order valence-electron chi connectivity index (χ4n) is 2.30. The van der Waals surface area contributed by atoms with Crippen LogP contribution in [0, 0.1) is 6.92 Å². The first-order valence-corrected chi connectivity index (χ1v) is 7.27. The molecule has 20 heavy (non-hydrogen) atoms. The van der Waals surface area contributed by atoms with Crippen molar-refractivity contribution in [2.24, 2.45) is 0 Å². The van der Waals surface area contributed by atoms with Crippen LogP contribution in [0.5, 0.6) is 0 Å². The molecule has 4 heteroatoms. The SMILES string of the molecule is Cc1ccc(-n2c(C(C)Cl)nc3cc(Cl)ccc32)cc1. The third-order valence-corrected chi connectivity index (χ3v) is 3.72. The van der Waals surface area contributed by atoms with E-state index in [1.165, 1.54) is 5.56 Å². The standard InChI is InChI=1S/C16H14Cl2N2/c1-10-3-6-13(7-4-10)20-15-8-5-12(18)9-14(15)19-16(20)11(2)17/h3-9,11H,1-2H3. The average molecular weight is 305 g/mol. The van der Waals surface area contributed by atoms with Crippen LogP contribution < -0.4 is 0 Å². The van der Waals surface area contributed by atoms with E-state index in [-0.39, 0.29) is 5.38 Å². The maximum atomic E-state index is 6.28. The van der Waals surface area contributed by atoms with Crippen LogP contribution >= 0.6 is 23.2 Å². The minimum atomic E-state index is -0.178. The zero-order chi connectivity index (χ0) is 14.3. The molecule has 0 spiro atoms. The van der Waals surface area contributed by atoms with E-state index in [9.17, 15) is 0 Å². The first-order chi connectivity index (χ1) is 9.56. The van der Waals surface area contributed by atoms with Crippen molar-refractivity contribution in [1.29, 1.82) is 0 Å². The lowest BCUT2D eigenvalue weighted by atomic mass is 10.2. The number of alkyl halides is 1. The summed E-state index contributed by atoms with van der Waals surface area (Å²) in [4.78, 5) is 4.62. The van der Waals surface area contributed by atoms with Crippen molar-refractivity contribution >= 4 is 34.2 Å². The third-order valence-electron chi connectivity index (χ3n) is 3.29. The van der Waals surface area contributed by atoms with Gasteiger partial charge in [0.1, 0.15) is 5.82 Å². The van der Waals surface area contributed by atoms with Crippen LogP contribution in [-0.4, -0.2) is 9.55 Å². The fraction of sp³-hybridized carbons (Fsp3) is 0.188. The Morgan fingerprint density at radius 3 is 2.45 bits per heavy atom. The van der Waals surface area contributed by atoms with E-state index >= 15 is 0 Å². The van der Waals surface area contributed by atoms with Crippen molar-refractivity contribution in [3.05, 3.63) is 58.9 Å². The highest BCUT2D eigenvalue weighted by atomic mass is 35.5. The number of aromatic nitrogens is 2. The molecule has 0 bridgehead atoms. The second-order valence-corrected chi connectivity index (χ2v) is 5.98. The Morgan fingerprint density at radius 1 is 1.10 bits per heavy atom. The van der Waals surface area contributed by atoms with Gasteiger partial charge in [-0.3, -0.25) is 4.57 Å². The van der Waals surface area contributed by atoms with Crippen molar-refractivity contribution in [1.82, 2.24) is 9.55 Å². The average Bonchev–Trinajstić information content (AvgIpc) is 2.78. The molecule has 0 aliphatic heterocycles. The molecule has 0 fully saturated rings. The van der Waals surface area contributed by atoms with E-state index in [1.807, 2.05) is 25.1 Å². The minimum Gasteiger partial charge on any atom is -0.295 e. The second kappa shape index (κ2) is 5.12. The summed E-state index contributed by atoms with van der Waals surface area (Å²) in [5.41, 5.74) is 4.16. The Hall–Kier alpha value is -1.51. The summed E-state index contributed by atoms with van der Waals surface area (Å²) >= 11 is 12.3. The largest absolute Gasteiger partial charge is 0.295 e. The molecule has 1 atom stereocenters. The number of rotatable bonds is 2. The summed E-state index contributed by atoms with van der Waals surface area (Å²) in [6, 6.07) is 14.0. The summed E-state index contributed by atoms with van der Waals surface area (Å²) in [6.45, 7) is 4.00. The zero-order valence-electron chi connectivity index (χ0n) is 11.3. The lowest BCUT2D eigenvalue weighted by Crippen LogP contribution is -2.01. The minimum absolute atomic E-state index is 0.178. The molecule has 2 nitrogen and oxygen atoms in total. The molecule has 2 aromatic carbocycles. The van der Waals surface area contributed by atoms with Crippen LogP contribution in [0.15, 0.2) is 42.5 Å². The Morgan fingerprint density at radius 2 is 1.80 bits per heavy atom. The summed E-state index contributed by atoms with van der Waals surface area (Å²) < 4.78 is 2.09. The quantitative estimate of drug-likeness (QED) is 0.588. The van der Waals surface area contributed by atoms with Crippen LogP contribution in [0.25, 0.3) is 16.7 Å². The predicted molar refractivity (Wildman–Crippen MR) is 85.1 cm³/mol. The van der Waals surface area contributed by atoms with Crippen molar-refractivity contribution in [2.75, 3.05) is 0 Å². The summed E-state index contributed by atoms with van der Waals surface area (Å²) in [5.74, 6) is 0.827. The second-order valence-electron chi connectivity index (χ2n) is 4.89. The topological polar surface area (TPSA) is 17.8 Å². The van der Waals surface area contributed by atoms with Gasteiger partial charge in [-0.25, -0.2) is 4.98 Å². The number of aryl methyl sites for hydroxylation is 1. The number of imidazole rings is 1.